The van der Waals surface area contributed by atoms with E-state index in [0.29, 0.717) is 18.3 Å². The summed E-state index contributed by atoms with van der Waals surface area (Å²) in [6, 6.07) is 7.24. The summed E-state index contributed by atoms with van der Waals surface area (Å²) in [5.41, 5.74) is 1.58. The molecule has 2 aliphatic rings. The predicted molar refractivity (Wildman–Crippen MR) is 118 cm³/mol. The summed E-state index contributed by atoms with van der Waals surface area (Å²) in [6.45, 7) is 8.08. The van der Waals surface area contributed by atoms with Gasteiger partial charge in [0.15, 0.2) is 5.82 Å². The van der Waals surface area contributed by atoms with Crippen LogP contribution in [0.2, 0.25) is 0 Å². The van der Waals surface area contributed by atoms with Gasteiger partial charge in [0, 0.05) is 48.1 Å². The SMILES string of the molecule is CC(C)c1noc(-c2ccc(NC(=O)NCC3(N4CCOCC4)CCSC3)cc2)n1. The number of urea groups is 1. The number of ether oxygens (including phenoxy) is 1. The van der Waals surface area contributed by atoms with Gasteiger partial charge in [0.25, 0.3) is 5.89 Å². The van der Waals surface area contributed by atoms with E-state index in [1.165, 1.54) is 0 Å². The molecular formula is C21H29N5O3S. The van der Waals surface area contributed by atoms with E-state index in [1.807, 2.05) is 49.9 Å². The van der Waals surface area contributed by atoms with Crippen molar-refractivity contribution in [3.63, 3.8) is 0 Å². The molecule has 0 radical (unpaired) electrons. The number of hydrogen-bond acceptors (Lipinski definition) is 7. The maximum absolute atomic E-state index is 12.5. The second-order valence-electron chi connectivity index (χ2n) is 8.12. The van der Waals surface area contributed by atoms with Crippen LogP contribution in [0.25, 0.3) is 11.5 Å². The van der Waals surface area contributed by atoms with Crippen LogP contribution >= 0.6 is 11.8 Å². The molecule has 2 aromatic rings. The zero-order valence-electron chi connectivity index (χ0n) is 17.5. The molecule has 9 heteroatoms. The third kappa shape index (κ3) is 4.79. The molecule has 8 nitrogen and oxygen atoms in total. The average Bonchev–Trinajstić information content (AvgIpc) is 3.44. The Balaban J connectivity index is 1.33. The van der Waals surface area contributed by atoms with E-state index in [1.54, 1.807) is 0 Å². The van der Waals surface area contributed by atoms with E-state index in [0.717, 1.165) is 55.5 Å². The molecule has 1 atom stereocenters. The Hall–Kier alpha value is -2.10. The van der Waals surface area contributed by atoms with Crippen molar-refractivity contribution in [1.29, 1.82) is 0 Å². The number of benzene rings is 1. The molecule has 1 aromatic heterocycles. The number of hydrogen-bond donors (Lipinski definition) is 2. The van der Waals surface area contributed by atoms with Crippen molar-refractivity contribution in [3.05, 3.63) is 30.1 Å². The van der Waals surface area contributed by atoms with Crippen LogP contribution in [0.3, 0.4) is 0 Å². The molecular weight excluding hydrogens is 402 g/mol. The van der Waals surface area contributed by atoms with Gasteiger partial charge in [-0.05, 0) is 36.4 Å². The van der Waals surface area contributed by atoms with Gasteiger partial charge in [0.2, 0.25) is 0 Å². The number of nitrogens with one attached hydrogen (secondary N) is 2. The van der Waals surface area contributed by atoms with E-state index in [-0.39, 0.29) is 17.5 Å². The summed E-state index contributed by atoms with van der Waals surface area (Å²) in [5.74, 6) is 3.57. The molecule has 0 aliphatic carbocycles. The number of thioether (sulfide) groups is 1. The Labute approximate surface area is 181 Å². The van der Waals surface area contributed by atoms with Crippen LogP contribution in [0.4, 0.5) is 10.5 Å². The van der Waals surface area contributed by atoms with Gasteiger partial charge in [-0.25, -0.2) is 4.79 Å². The highest BCUT2D eigenvalue weighted by molar-refractivity contribution is 7.99. The Morgan fingerprint density at radius 1 is 1.27 bits per heavy atom. The highest BCUT2D eigenvalue weighted by atomic mass is 32.2. The standard InChI is InChI=1S/C21H29N5O3S/c1-15(2)18-24-19(29-25-18)16-3-5-17(6-4-16)23-20(27)22-13-21(7-12-30-14-21)26-8-10-28-11-9-26/h3-6,15H,7-14H2,1-2H3,(H2,22,23,27). The van der Waals surface area contributed by atoms with Crippen LogP contribution in [0, 0.1) is 0 Å². The molecule has 0 saturated carbocycles. The third-order valence-electron chi connectivity index (χ3n) is 5.69. The first-order valence-corrected chi connectivity index (χ1v) is 11.6. The second kappa shape index (κ2) is 9.36. The number of aromatic nitrogens is 2. The van der Waals surface area contributed by atoms with Crippen molar-refractivity contribution in [2.45, 2.75) is 31.7 Å². The number of anilines is 1. The smallest absolute Gasteiger partial charge is 0.319 e. The molecule has 30 heavy (non-hydrogen) atoms. The fraction of sp³-hybridized carbons (Fsp3) is 0.571. The fourth-order valence-electron chi connectivity index (χ4n) is 3.84. The molecule has 2 aliphatic heterocycles. The van der Waals surface area contributed by atoms with Gasteiger partial charge in [0.05, 0.1) is 13.2 Å². The Morgan fingerprint density at radius 2 is 2.03 bits per heavy atom. The lowest BCUT2D eigenvalue weighted by Crippen LogP contribution is -2.59. The molecule has 162 valence electrons. The topological polar surface area (TPSA) is 92.5 Å². The zero-order valence-corrected chi connectivity index (χ0v) is 18.3. The van der Waals surface area contributed by atoms with Gasteiger partial charge in [0.1, 0.15) is 0 Å². The Kier molecular flexibility index (Phi) is 6.60. The van der Waals surface area contributed by atoms with E-state index in [4.69, 9.17) is 9.26 Å². The average molecular weight is 432 g/mol. The summed E-state index contributed by atoms with van der Waals surface area (Å²) in [5, 5.41) is 10.00. The number of morpholine rings is 1. The van der Waals surface area contributed by atoms with Crippen LogP contribution in [0.1, 0.15) is 32.0 Å². The normalized spacial score (nSPS) is 22.4. The van der Waals surface area contributed by atoms with Crippen LogP contribution in [0.5, 0.6) is 0 Å². The minimum Gasteiger partial charge on any atom is -0.379 e. The number of rotatable bonds is 6. The van der Waals surface area contributed by atoms with Gasteiger partial charge < -0.3 is 19.9 Å². The van der Waals surface area contributed by atoms with Crippen LogP contribution in [0.15, 0.2) is 28.8 Å². The van der Waals surface area contributed by atoms with Crippen LogP contribution in [-0.2, 0) is 4.74 Å². The predicted octanol–water partition coefficient (Wildman–Crippen LogP) is 3.19. The molecule has 1 unspecified atom stereocenters. The Bertz CT molecular complexity index is 843. The molecule has 0 bridgehead atoms. The number of amides is 2. The molecule has 2 saturated heterocycles. The first kappa shape index (κ1) is 21.1. The van der Waals surface area contributed by atoms with Gasteiger partial charge >= 0.3 is 6.03 Å². The largest absolute Gasteiger partial charge is 0.379 e. The monoisotopic (exact) mass is 431 g/mol. The van der Waals surface area contributed by atoms with Crippen molar-refractivity contribution in [3.8, 4) is 11.5 Å². The van der Waals surface area contributed by atoms with Gasteiger partial charge in [-0.15, -0.1) is 0 Å². The van der Waals surface area contributed by atoms with Crippen molar-refractivity contribution in [2.24, 2.45) is 0 Å². The molecule has 4 rings (SSSR count). The quantitative estimate of drug-likeness (QED) is 0.726. The number of carbonyl (C=O) groups excluding carboxylic acids is 1. The highest BCUT2D eigenvalue weighted by Gasteiger charge is 2.40. The molecule has 2 fully saturated rings. The summed E-state index contributed by atoms with van der Waals surface area (Å²) in [4.78, 5) is 19.4. The molecule has 3 heterocycles. The van der Waals surface area contributed by atoms with E-state index >= 15 is 0 Å². The maximum atomic E-state index is 12.5. The Morgan fingerprint density at radius 3 is 2.67 bits per heavy atom. The molecule has 2 amide bonds. The van der Waals surface area contributed by atoms with E-state index in [2.05, 4.69) is 25.7 Å². The zero-order chi connectivity index (χ0) is 21.0. The van der Waals surface area contributed by atoms with Crippen LogP contribution in [-0.4, -0.2) is 71.0 Å². The fourth-order valence-corrected chi connectivity index (χ4v) is 5.32. The van der Waals surface area contributed by atoms with Crippen molar-refractivity contribution >= 4 is 23.5 Å². The molecule has 1 aromatic carbocycles. The highest BCUT2D eigenvalue weighted by Crippen LogP contribution is 2.33. The lowest BCUT2D eigenvalue weighted by Gasteiger charge is -2.43. The first-order valence-electron chi connectivity index (χ1n) is 10.5. The lowest BCUT2D eigenvalue weighted by molar-refractivity contribution is -0.0123. The summed E-state index contributed by atoms with van der Waals surface area (Å²) in [7, 11) is 0. The first-order chi connectivity index (χ1) is 14.6. The number of carbonyl (C=O) groups is 1. The van der Waals surface area contributed by atoms with Gasteiger partial charge in [-0.1, -0.05) is 19.0 Å². The summed E-state index contributed by atoms with van der Waals surface area (Å²) >= 11 is 1.96. The second-order valence-corrected chi connectivity index (χ2v) is 9.23. The van der Waals surface area contributed by atoms with Crippen molar-refractivity contribution in [1.82, 2.24) is 20.4 Å². The van der Waals surface area contributed by atoms with Crippen LogP contribution < -0.4 is 10.6 Å². The summed E-state index contributed by atoms with van der Waals surface area (Å²) in [6.07, 6.45) is 1.09. The van der Waals surface area contributed by atoms with Crippen molar-refractivity contribution < 1.29 is 14.1 Å². The number of nitrogens with zero attached hydrogens (tertiary/aromatic N) is 3. The maximum Gasteiger partial charge on any atom is 0.319 e. The molecule has 2 N–H and O–H groups in total. The van der Waals surface area contributed by atoms with E-state index in [9.17, 15) is 4.79 Å². The molecule has 0 spiro atoms. The third-order valence-corrected chi connectivity index (χ3v) is 6.92. The van der Waals surface area contributed by atoms with Gasteiger partial charge in [-0.3, -0.25) is 4.90 Å². The van der Waals surface area contributed by atoms with Crippen molar-refractivity contribution in [2.75, 3.05) is 49.7 Å². The minimum atomic E-state index is -0.188. The lowest BCUT2D eigenvalue weighted by atomic mass is 9.95. The summed E-state index contributed by atoms with van der Waals surface area (Å²) < 4.78 is 10.8. The van der Waals surface area contributed by atoms with E-state index < -0.39 is 0 Å². The van der Waals surface area contributed by atoms with Gasteiger partial charge in [-0.2, -0.15) is 16.7 Å². The minimum absolute atomic E-state index is 0.0295.